The van der Waals surface area contributed by atoms with Crippen LogP contribution in [0.1, 0.15) is 45.4 Å². The largest absolute Gasteiger partial charge is 0.382 e. The third kappa shape index (κ3) is 3.96. The van der Waals surface area contributed by atoms with Gasteiger partial charge in [-0.1, -0.05) is 43.2 Å². The van der Waals surface area contributed by atoms with Crippen molar-refractivity contribution in [3.63, 3.8) is 0 Å². The number of fused-ring (bicyclic) bond motifs is 3. The van der Waals surface area contributed by atoms with E-state index in [0.29, 0.717) is 30.9 Å². The predicted molar refractivity (Wildman–Crippen MR) is 113 cm³/mol. The SMILES string of the molecule is CCOCCCn1c(=O)c2ccccc2n2c(SCC3CCCCC3)nnc12. The predicted octanol–water partition coefficient (Wildman–Crippen LogP) is 4.14. The van der Waals surface area contributed by atoms with Gasteiger partial charge in [-0.2, -0.15) is 0 Å². The zero-order valence-electron chi connectivity index (χ0n) is 16.5. The van der Waals surface area contributed by atoms with Crippen molar-refractivity contribution in [2.24, 2.45) is 5.92 Å². The lowest BCUT2D eigenvalue weighted by Gasteiger charge is -2.20. The number of hydrogen-bond donors (Lipinski definition) is 0. The van der Waals surface area contributed by atoms with E-state index in [0.717, 1.165) is 28.8 Å². The fraction of sp³-hybridized carbons (Fsp3) is 0.571. The Morgan fingerprint density at radius 2 is 2.00 bits per heavy atom. The lowest BCUT2D eigenvalue weighted by Crippen LogP contribution is -2.24. The molecule has 150 valence electrons. The van der Waals surface area contributed by atoms with Crippen LogP contribution in [-0.4, -0.2) is 38.1 Å². The Labute approximate surface area is 169 Å². The van der Waals surface area contributed by atoms with Crippen LogP contribution in [0.5, 0.6) is 0 Å². The van der Waals surface area contributed by atoms with Crippen molar-refractivity contribution in [2.45, 2.75) is 57.1 Å². The molecule has 0 atom stereocenters. The second kappa shape index (κ2) is 9.09. The fourth-order valence-corrected chi connectivity index (χ4v) is 5.17. The van der Waals surface area contributed by atoms with Crippen LogP contribution in [-0.2, 0) is 11.3 Å². The highest BCUT2D eigenvalue weighted by atomic mass is 32.2. The summed E-state index contributed by atoms with van der Waals surface area (Å²) < 4.78 is 9.25. The second-order valence-corrected chi connectivity index (χ2v) is 8.44. The van der Waals surface area contributed by atoms with E-state index in [1.807, 2.05) is 31.2 Å². The molecule has 0 saturated heterocycles. The quantitative estimate of drug-likeness (QED) is 0.420. The van der Waals surface area contributed by atoms with Gasteiger partial charge in [0.05, 0.1) is 10.9 Å². The molecule has 2 aromatic heterocycles. The first kappa shape index (κ1) is 19.5. The Bertz CT molecular complexity index is 991. The number of aryl methyl sites for hydroxylation is 1. The molecule has 6 nitrogen and oxygen atoms in total. The van der Waals surface area contributed by atoms with Gasteiger partial charge < -0.3 is 4.74 Å². The fourth-order valence-electron chi connectivity index (χ4n) is 4.04. The first-order chi connectivity index (χ1) is 13.8. The summed E-state index contributed by atoms with van der Waals surface area (Å²) in [4.78, 5) is 13.1. The van der Waals surface area contributed by atoms with E-state index < -0.39 is 0 Å². The van der Waals surface area contributed by atoms with Crippen LogP contribution in [0, 0.1) is 5.92 Å². The smallest absolute Gasteiger partial charge is 0.262 e. The number of hydrogen-bond acceptors (Lipinski definition) is 5. The first-order valence-electron chi connectivity index (χ1n) is 10.4. The molecule has 0 bridgehead atoms. The number of para-hydroxylation sites is 1. The van der Waals surface area contributed by atoms with Crippen molar-refractivity contribution in [2.75, 3.05) is 19.0 Å². The molecule has 0 radical (unpaired) electrons. The molecule has 0 aliphatic heterocycles. The number of aromatic nitrogens is 4. The lowest BCUT2D eigenvalue weighted by molar-refractivity contribution is 0.141. The Morgan fingerprint density at radius 1 is 1.18 bits per heavy atom. The van der Waals surface area contributed by atoms with Gasteiger partial charge in [-0.3, -0.25) is 13.8 Å². The minimum Gasteiger partial charge on any atom is -0.382 e. The number of ether oxygens (including phenoxy) is 1. The Hall–Kier alpha value is -1.86. The average Bonchev–Trinajstić information content (AvgIpc) is 3.16. The van der Waals surface area contributed by atoms with Crippen LogP contribution in [0.4, 0.5) is 0 Å². The van der Waals surface area contributed by atoms with Crippen LogP contribution >= 0.6 is 11.8 Å². The summed E-state index contributed by atoms with van der Waals surface area (Å²) in [5, 5.41) is 10.5. The molecule has 0 amide bonds. The molecule has 1 saturated carbocycles. The maximum Gasteiger partial charge on any atom is 0.262 e. The van der Waals surface area contributed by atoms with Gasteiger partial charge in [0.15, 0.2) is 5.16 Å². The molecular weight excluding hydrogens is 372 g/mol. The van der Waals surface area contributed by atoms with E-state index >= 15 is 0 Å². The summed E-state index contributed by atoms with van der Waals surface area (Å²) in [6.45, 7) is 3.89. The zero-order chi connectivity index (χ0) is 19.3. The summed E-state index contributed by atoms with van der Waals surface area (Å²) in [5.74, 6) is 2.46. The molecule has 7 heteroatoms. The van der Waals surface area contributed by atoms with E-state index in [-0.39, 0.29) is 5.56 Å². The van der Waals surface area contributed by atoms with E-state index in [4.69, 9.17) is 4.74 Å². The van der Waals surface area contributed by atoms with Gasteiger partial charge in [0.2, 0.25) is 5.78 Å². The molecule has 1 aromatic carbocycles. The summed E-state index contributed by atoms with van der Waals surface area (Å²) in [6.07, 6.45) is 7.45. The van der Waals surface area contributed by atoms with Crippen molar-refractivity contribution in [3.05, 3.63) is 34.6 Å². The van der Waals surface area contributed by atoms with Gasteiger partial charge in [0.1, 0.15) is 0 Å². The van der Waals surface area contributed by atoms with Crippen molar-refractivity contribution in [3.8, 4) is 0 Å². The number of nitrogens with zero attached hydrogens (tertiary/aromatic N) is 4. The van der Waals surface area contributed by atoms with Crippen molar-refractivity contribution >= 4 is 28.4 Å². The summed E-state index contributed by atoms with van der Waals surface area (Å²) in [6, 6.07) is 7.77. The molecule has 0 unspecified atom stereocenters. The highest BCUT2D eigenvalue weighted by molar-refractivity contribution is 7.99. The summed E-state index contributed by atoms with van der Waals surface area (Å²) >= 11 is 1.77. The van der Waals surface area contributed by atoms with Gasteiger partial charge in [-0.25, -0.2) is 0 Å². The third-order valence-electron chi connectivity index (χ3n) is 5.53. The van der Waals surface area contributed by atoms with Crippen LogP contribution in [0.3, 0.4) is 0 Å². The maximum atomic E-state index is 13.1. The molecule has 3 aromatic rings. The number of benzene rings is 1. The normalized spacial score (nSPS) is 15.6. The van der Waals surface area contributed by atoms with Gasteiger partial charge in [-0.15, -0.1) is 10.2 Å². The molecule has 28 heavy (non-hydrogen) atoms. The molecule has 2 heterocycles. The lowest BCUT2D eigenvalue weighted by atomic mass is 9.91. The second-order valence-electron chi connectivity index (χ2n) is 7.46. The Balaban J connectivity index is 1.69. The van der Waals surface area contributed by atoms with Gasteiger partial charge in [-0.05, 0) is 44.2 Å². The van der Waals surface area contributed by atoms with E-state index in [2.05, 4.69) is 14.6 Å². The average molecular weight is 401 g/mol. The van der Waals surface area contributed by atoms with E-state index in [1.54, 1.807) is 16.3 Å². The molecule has 1 aliphatic rings. The molecule has 1 fully saturated rings. The minimum absolute atomic E-state index is 0.00386. The monoisotopic (exact) mass is 400 g/mol. The van der Waals surface area contributed by atoms with Crippen LogP contribution < -0.4 is 5.56 Å². The van der Waals surface area contributed by atoms with Crippen LogP contribution in [0.2, 0.25) is 0 Å². The maximum absolute atomic E-state index is 13.1. The van der Waals surface area contributed by atoms with Crippen molar-refractivity contribution < 1.29 is 4.74 Å². The first-order valence-corrected chi connectivity index (χ1v) is 11.4. The van der Waals surface area contributed by atoms with E-state index in [9.17, 15) is 4.79 Å². The number of thioether (sulfide) groups is 1. The van der Waals surface area contributed by atoms with Crippen molar-refractivity contribution in [1.29, 1.82) is 0 Å². The minimum atomic E-state index is -0.00386. The van der Waals surface area contributed by atoms with Crippen molar-refractivity contribution in [1.82, 2.24) is 19.2 Å². The zero-order valence-corrected chi connectivity index (χ0v) is 17.3. The molecular formula is C21H28N4O2S. The third-order valence-corrected chi connectivity index (χ3v) is 6.69. The topological polar surface area (TPSA) is 61.4 Å². The van der Waals surface area contributed by atoms with Gasteiger partial charge in [0.25, 0.3) is 5.56 Å². The standard InChI is InChI=1S/C21H28N4O2S/c1-2-27-14-8-13-24-19(26)17-11-6-7-12-18(17)25-20(24)22-23-21(25)28-15-16-9-4-3-5-10-16/h6-7,11-12,16H,2-5,8-10,13-15H2,1H3. The summed E-state index contributed by atoms with van der Waals surface area (Å²) in [7, 11) is 0. The molecule has 4 rings (SSSR count). The van der Waals surface area contributed by atoms with Crippen LogP contribution in [0.25, 0.3) is 16.7 Å². The Kier molecular flexibility index (Phi) is 6.32. The molecule has 1 aliphatic carbocycles. The number of rotatable bonds is 8. The Morgan fingerprint density at radius 3 is 2.82 bits per heavy atom. The molecule has 0 spiro atoms. The van der Waals surface area contributed by atoms with Gasteiger partial charge >= 0.3 is 0 Å². The van der Waals surface area contributed by atoms with Crippen LogP contribution in [0.15, 0.2) is 34.2 Å². The highest BCUT2D eigenvalue weighted by Crippen LogP contribution is 2.30. The highest BCUT2D eigenvalue weighted by Gasteiger charge is 2.19. The molecule has 0 N–H and O–H groups in total. The summed E-state index contributed by atoms with van der Waals surface area (Å²) in [5.41, 5.74) is 0.885. The van der Waals surface area contributed by atoms with E-state index in [1.165, 1.54) is 32.1 Å². The van der Waals surface area contributed by atoms with Gasteiger partial charge in [0, 0.05) is 25.5 Å².